The van der Waals surface area contributed by atoms with E-state index in [-0.39, 0.29) is 12.3 Å². The van der Waals surface area contributed by atoms with Gasteiger partial charge in [-0.3, -0.25) is 9.36 Å². The first-order valence-electron chi connectivity index (χ1n) is 10.0. The van der Waals surface area contributed by atoms with E-state index in [1.165, 1.54) is 0 Å². The van der Waals surface area contributed by atoms with Crippen molar-refractivity contribution in [3.63, 3.8) is 0 Å². The minimum atomic E-state index is -0.509. The zero-order valence-corrected chi connectivity index (χ0v) is 17.1. The Morgan fingerprint density at radius 1 is 1.21 bits per heavy atom. The molecular formula is C20H29N5O4. The number of methoxy groups -OCH3 is 2. The van der Waals surface area contributed by atoms with Crippen LogP contribution < -0.4 is 32.5 Å². The lowest BCUT2D eigenvalue weighted by molar-refractivity contribution is 0.0828. The van der Waals surface area contributed by atoms with Crippen molar-refractivity contribution < 1.29 is 9.47 Å². The van der Waals surface area contributed by atoms with Gasteiger partial charge in [0.1, 0.15) is 11.7 Å². The predicted octanol–water partition coefficient (Wildman–Crippen LogP) is 0.614. The molecule has 158 valence electrons. The zero-order valence-electron chi connectivity index (χ0n) is 17.1. The van der Waals surface area contributed by atoms with Crippen LogP contribution in [0.15, 0.2) is 21.7 Å². The highest BCUT2D eigenvalue weighted by Crippen LogP contribution is 2.42. The second-order valence-electron chi connectivity index (χ2n) is 8.23. The van der Waals surface area contributed by atoms with Gasteiger partial charge < -0.3 is 25.9 Å². The Labute approximate surface area is 168 Å². The summed E-state index contributed by atoms with van der Waals surface area (Å²) in [4.78, 5) is 27.6. The molecule has 4 rings (SSSR count). The molecule has 0 amide bonds. The minimum absolute atomic E-state index is 0.0505. The largest absolute Gasteiger partial charge is 0.492 e. The van der Waals surface area contributed by atoms with E-state index in [2.05, 4.69) is 11.8 Å². The molecule has 1 aromatic carbocycles. The number of hydrogen-bond acceptors (Lipinski definition) is 7. The molecule has 1 aliphatic carbocycles. The van der Waals surface area contributed by atoms with Crippen LogP contribution >= 0.6 is 0 Å². The molecule has 3 atom stereocenters. The van der Waals surface area contributed by atoms with Crippen LogP contribution in [0.1, 0.15) is 32.2 Å². The smallest absolute Gasteiger partial charge is 0.350 e. The molecule has 2 heterocycles. The average molecular weight is 403 g/mol. The maximum absolute atomic E-state index is 12.7. The SMILES string of the molecule is COc1c(N2C[C@H](C[C@@H](N)OC)[C@@H](C)C2)ccc2c(=O)n(N)c(=O)n(C3CC3)c12. The lowest BCUT2D eigenvalue weighted by atomic mass is 9.94. The van der Waals surface area contributed by atoms with Gasteiger partial charge in [-0.2, -0.15) is 4.68 Å². The van der Waals surface area contributed by atoms with E-state index in [4.69, 9.17) is 21.1 Å². The zero-order chi connectivity index (χ0) is 20.9. The maximum Gasteiger partial charge on any atom is 0.350 e. The van der Waals surface area contributed by atoms with E-state index < -0.39 is 11.2 Å². The Kier molecular flexibility index (Phi) is 5.04. The van der Waals surface area contributed by atoms with Crippen molar-refractivity contribution >= 4 is 16.6 Å². The summed E-state index contributed by atoms with van der Waals surface area (Å²) in [6, 6.07) is 3.68. The predicted molar refractivity (Wildman–Crippen MR) is 112 cm³/mol. The highest BCUT2D eigenvalue weighted by molar-refractivity contribution is 5.90. The number of nitrogens with zero attached hydrogens (tertiary/aromatic N) is 3. The molecule has 4 N–H and O–H groups in total. The van der Waals surface area contributed by atoms with E-state index in [0.717, 1.165) is 38.0 Å². The van der Waals surface area contributed by atoms with Crippen LogP contribution in [0.2, 0.25) is 0 Å². The third kappa shape index (κ3) is 3.28. The van der Waals surface area contributed by atoms with Crippen LogP contribution in [0.5, 0.6) is 5.75 Å². The van der Waals surface area contributed by atoms with Crippen LogP contribution in [0.4, 0.5) is 5.69 Å². The van der Waals surface area contributed by atoms with E-state index in [1.54, 1.807) is 24.9 Å². The van der Waals surface area contributed by atoms with Crippen LogP contribution in [-0.4, -0.2) is 42.8 Å². The van der Waals surface area contributed by atoms with Gasteiger partial charge in [-0.05, 0) is 43.2 Å². The van der Waals surface area contributed by atoms with Gasteiger partial charge in [0.05, 0.1) is 18.2 Å². The second-order valence-corrected chi connectivity index (χ2v) is 8.23. The summed E-state index contributed by atoms with van der Waals surface area (Å²) >= 11 is 0. The number of nitrogen functional groups attached to an aromatic ring is 1. The first-order chi connectivity index (χ1) is 13.9. The van der Waals surface area contributed by atoms with Crippen LogP contribution in [0, 0.1) is 11.8 Å². The summed E-state index contributed by atoms with van der Waals surface area (Å²) in [7, 11) is 3.20. The molecule has 2 fully saturated rings. The van der Waals surface area contributed by atoms with Gasteiger partial charge in [0.15, 0.2) is 5.75 Å². The molecule has 0 spiro atoms. The fraction of sp³-hybridized carbons (Fsp3) is 0.600. The fourth-order valence-electron chi connectivity index (χ4n) is 4.45. The van der Waals surface area contributed by atoms with E-state index in [1.807, 2.05) is 6.07 Å². The van der Waals surface area contributed by atoms with Gasteiger partial charge in [0, 0.05) is 26.2 Å². The summed E-state index contributed by atoms with van der Waals surface area (Å²) in [5, 5.41) is 0.393. The first kappa shape index (κ1) is 19.8. The number of benzene rings is 1. The molecule has 1 aliphatic heterocycles. The summed E-state index contributed by atoms with van der Waals surface area (Å²) in [6.45, 7) is 3.85. The quantitative estimate of drug-likeness (QED) is 0.536. The Hall–Kier alpha value is -2.52. The Bertz CT molecular complexity index is 1040. The number of anilines is 1. The van der Waals surface area contributed by atoms with Gasteiger partial charge in [-0.25, -0.2) is 4.79 Å². The third-order valence-corrected chi connectivity index (χ3v) is 6.28. The molecule has 1 saturated carbocycles. The average Bonchev–Trinajstić information content (AvgIpc) is 3.48. The molecule has 9 nitrogen and oxygen atoms in total. The molecule has 0 bridgehead atoms. The molecule has 2 aromatic rings. The van der Waals surface area contributed by atoms with Gasteiger partial charge in [0.25, 0.3) is 5.56 Å². The number of nitrogens with two attached hydrogens (primary N) is 2. The van der Waals surface area contributed by atoms with Gasteiger partial charge >= 0.3 is 5.69 Å². The Morgan fingerprint density at radius 2 is 1.93 bits per heavy atom. The van der Waals surface area contributed by atoms with Gasteiger partial charge in [0.2, 0.25) is 0 Å². The van der Waals surface area contributed by atoms with Crippen molar-refractivity contribution in [2.75, 3.05) is 38.1 Å². The van der Waals surface area contributed by atoms with E-state index >= 15 is 0 Å². The van der Waals surface area contributed by atoms with Crippen molar-refractivity contribution in [2.24, 2.45) is 17.6 Å². The summed E-state index contributed by atoms with van der Waals surface area (Å²) in [6.07, 6.45) is 2.26. The highest BCUT2D eigenvalue weighted by atomic mass is 16.5. The first-order valence-corrected chi connectivity index (χ1v) is 10.0. The summed E-state index contributed by atoms with van der Waals surface area (Å²) in [5.41, 5.74) is 6.39. The van der Waals surface area contributed by atoms with Crippen molar-refractivity contribution in [1.29, 1.82) is 0 Å². The lowest BCUT2D eigenvalue weighted by Gasteiger charge is -2.24. The normalized spacial score (nSPS) is 23.0. The number of hydrogen-bond donors (Lipinski definition) is 2. The number of aromatic nitrogens is 2. The summed E-state index contributed by atoms with van der Waals surface area (Å²) in [5.74, 6) is 7.12. The number of rotatable bonds is 6. The van der Waals surface area contributed by atoms with Crippen LogP contribution in [-0.2, 0) is 4.74 Å². The lowest BCUT2D eigenvalue weighted by Crippen LogP contribution is -2.44. The van der Waals surface area contributed by atoms with Crippen molar-refractivity contribution in [2.45, 2.75) is 38.5 Å². The van der Waals surface area contributed by atoms with E-state index in [9.17, 15) is 9.59 Å². The molecule has 1 aromatic heterocycles. The highest BCUT2D eigenvalue weighted by Gasteiger charge is 2.34. The molecule has 29 heavy (non-hydrogen) atoms. The minimum Gasteiger partial charge on any atom is -0.492 e. The topological polar surface area (TPSA) is 118 Å². The van der Waals surface area contributed by atoms with Crippen LogP contribution in [0.25, 0.3) is 10.9 Å². The molecule has 0 radical (unpaired) electrons. The molecule has 1 saturated heterocycles. The third-order valence-electron chi connectivity index (χ3n) is 6.28. The molecular weight excluding hydrogens is 374 g/mol. The maximum atomic E-state index is 12.7. The van der Waals surface area contributed by atoms with Crippen molar-refractivity contribution in [3.8, 4) is 5.75 Å². The summed E-state index contributed by atoms with van der Waals surface area (Å²) < 4.78 is 13.3. The second kappa shape index (κ2) is 7.38. The Balaban J connectivity index is 1.83. The van der Waals surface area contributed by atoms with Gasteiger partial charge in [-0.1, -0.05) is 6.92 Å². The standard InChI is InChI=1S/C20H29N5O4/c1-11-9-23(10-12(11)8-16(21)28-2)15-7-6-14-17(18(15)29-3)24(13-4-5-13)20(27)25(22)19(14)26/h6-7,11-13,16H,4-5,8-10,21-22H2,1-3H3/t11-,12-,16-/m0/s1. The van der Waals surface area contributed by atoms with Crippen LogP contribution in [0.3, 0.4) is 0 Å². The van der Waals surface area contributed by atoms with Crippen molar-refractivity contribution in [1.82, 2.24) is 9.24 Å². The Morgan fingerprint density at radius 3 is 2.55 bits per heavy atom. The molecule has 9 heteroatoms. The number of ether oxygens (including phenoxy) is 2. The molecule has 0 unspecified atom stereocenters. The van der Waals surface area contributed by atoms with E-state index in [0.29, 0.717) is 33.2 Å². The number of fused-ring (bicyclic) bond motifs is 1. The fourth-order valence-corrected chi connectivity index (χ4v) is 4.45. The van der Waals surface area contributed by atoms with Gasteiger partial charge in [-0.15, -0.1) is 0 Å². The monoisotopic (exact) mass is 403 g/mol. The molecule has 2 aliphatic rings. The van der Waals surface area contributed by atoms with Crippen molar-refractivity contribution in [3.05, 3.63) is 33.0 Å².